The highest BCUT2D eigenvalue weighted by molar-refractivity contribution is 7.99. The van der Waals surface area contributed by atoms with E-state index in [0.717, 1.165) is 18.4 Å². The van der Waals surface area contributed by atoms with Crippen molar-refractivity contribution < 1.29 is 0 Å². The fourth-order valence-electron chi connectivity index (χ4n) is 4.12. The van der Waals surface area contributed by atoms with Gasteiger partial charge in [0.2, 0.25) is 0 Å². The maximum absolute atomic E-state index is 6.27. The molecule has 3 heteroatoms. The van der Waals surface area contributed by atoms with Gasteiger partial charge >= 0.3 is 0 Å². The highest BCUT2D eigenvalue weighted by atomic mass is 32.2. The molecule has 0 spiro atoms. The summed E-state index contributed by atoms with van der Waals surface area (Å²) in [6, 6.07) is 0.706. The molecule has 2 aliphatic rings. The van der Waals surface area contributed by atoms with E-state index in [1.807, 2.05) is 0 Å². The minimum absolute atomic E-state index is 0.310. The summed E-state index contributed by atoms with van der Waals surface area (Å²) < 4.78 is 0. The molecule has 2 nitrogen and oxygen atoms in total. The highest BCUT2D eigenvalue weighted by Crippen LogP contribution is 2.39. The second-order valence-corrected chi connectivity index (χ2v) is 8.13. The fraction of sp³-hybridized carbons (Fsp3) is 1.00. The van der Waals surface area contributed by atoms with Gasteiger partial charge in [-0.1, -0.05) is 26.7 Å². The smallest absolute Gasteiger partial charge is 0.0335 e. The SMILES string of the molecule is CC(C)C1CCCC(CN)(N2CCSCC2C)CC1. The van der Waals surface area contributed by atoms with Gasteiger partial charge in [-0.05, 0) is 38.0 Å². The summed E-state index contributed by atoms with van der Waals surface area (Å²) in [6.45, 7) is 9.27. The van der Waals surface area contributed by atoms with E-state index < -0.39 is 0 Å². The van der Waals surface area contributed by atoms with Crippen molar-refractivity contribution in [3.05, 3.63) is 0 Å². The van der Waals surface area contributed by atoms with E-state index in [0.29, 0.717) is 11.6 Å². The Kier molecular flexibility index (Phi) is 5.62. The van der Waals surface area contributed by atoms with E-state index in [2.05, 4.69) is 37.4 Å². The molecule has 3 atom stereocenters. The van der Waals surface area contributed by atoms with Gasteiger partial charge in [0, 0.05) is 36.2 Å². The molecular formula is C16H32N2S. The predicted molar refractivity (Wildman–Crippen MR) is 86.7 cm³/mol. The highest BCUT2D eigenvalue weighted by Gasteiger charge is 2.40. The molecule has 0 aromatic rings. The molecule has 19 heavy (non-hydrogen) atoms. The lowest BCUT2D eigenvalue weighted by Crippen LogP contribution is -2.59. The molecule has 1 saturated heterocycles. The minimum Gasteiger partial charge on any atom is -0.329 e. The summed E-state index contributed by atoms with van der Waals surface area (Å²) in [5.41, 5.74) is 6.58. The Labute approximate surface area is 123 Å². The Morgan fingerprint density at radius 2 is 2.11 bits per heavy atom. The summed E-state index contributed by atoms with van der Waals surface area (Å²) in [5, 5.41) is 0. The first-order chi connectivity index (χ1) is 9.09. The number of hydrogen-bond donors (Lipinski definition) is 1. The zero-order chi connectivity index (χ0) is 13.9. The zero-order valence-corrected chi connectivity index (χ0v) is 13.8. The first kappa shape index (κ1) is 15.7. The van der Waals surface area contributed by atoms with Crippen LogP contribution in [0, 0.1) is 11.8 Å². The predicted octanol–water partition coefficient (Wildman–Crippen LogP) is 3.36. The molecule has 0 amide bonds. The third-order valence-corrected chi connectivity index (χ3v) is 6.69. The molecular weight excluding hydrogens is 252 g/mol. The van der Waals surface area contributed by atoms with Crippen LogP contribution >= 0.6 is 11.8 Å². The Morgan fingerprint density at radius 3 is 2.74 bits per heavy atom. The lowest BCUT2D eigenvalue weighted by Gasteiger charge is -2.48. The monoisotopic (exact) mass is 284 g/mol. The average Bonchev–Trinajstić information content (AvgIpc) is 2.62. The van der Waals surface area contributed by atoms with Crippen LogP contribution in [0.1, 0.15) is 52.9 Å². The molecule has 0 aromatic carbocycles. The van der Waals surface area contributed by atoms with Gasteiger partial charge in [-0.25, -0.2) is 0 Å². The van der Waals surface area contributed by atoms with Crippen LogP contribution in [0.25, 0.3) is 0 Å². The number of rotatable bonds is 3. The van der Waals surface area contributed by atoms with Gasteiger partial charge in [-0.3, -0.25) is 4.90 Å². The molecule has 2 fully saturated rings. The van der Waals surface area contributed by atoms with Crippen molar-refractivity contribution in [2.75, 3.05) is 24.6 Å². The topological polar surface area (TPSA) is 29.3 Å². The van der Waals surface area contributed by atoms with Crippen molar-refractivity contribution in [2.24, 2.45) is 17.6 Å². The lowest BCUT2D eigenvalue weighted by atomic mass is 9.84. The maximum atomic E-state index is 6.27. The van der Waals surface area contributed by atoms with Gasteiger partial charge in [0.1, 0.15) is 0 Å². The van der Waals surface area contributed by atoms with Crippen LogP contribution in [0.4, 0.5) is 0 Å². The quantitative estimate of drug-likeness (QED) is 0.806. The van der Waals surface area contributed by atoms with Gasteiger partial charge in [0.25, 0.3) is 0 Å². The molecule has 1 aliphatic carbocycles. The molecule has 2 rings (SSSR count). The van der Waals surface area contributed by atoms with Crippen molar-refractivity contribution in [1.29, 1.82) is 0 Å². The van der Waals surface area contributed by atoms with Crippen molar-refractivity contribution in [3.8, 4) is 0 Å². The Bertz CT molecular complexity index is 282. The molecule has 1 heterocycles. The van der Waals surface area contributed by atoms with E-state index >= 15 is 0 Å². The minimum atomic E-state index is 0.310. The average molecular weight is 285 g/mol. The van der Waals surface area contributed by atoms with E-state index in [1.165, 1.54) is 50.2 Å². The van der Waals surface area contributed by atoms with Crippen LogP contribution in [0.3, 0.4) is 0 Å². The van der Waals surface area contributed by atoms with Gasteiger partial charge < -0.3 is 5.73 Å². The number of nitrogens with zero attached hydrogens (tertiary/aromatic N) is 1. The summed E-state index contributed by atoms with van der Waals surface area (Å²) in [4.78, 5) is 2.77. The summed E-state index contributed by atoms with van der Waals surface area (Å²) in [6.07, 6.45) is 6.81. The Morgan fingerprint density at radius 1 is 1.32 bits per heavy atom. The van der Waals surface area contributed by atoms with Crippen LogP contribution in [-0.4, -0.2) is 41.1 Å². The standard InChI is InChI=1S/C16H32N2S/c1-13(2)15-5-4-7-16(12-17,8-6-15)18-9-10-19-11-14(18)3/h13-15H,4-12,17H2,1-3H3. The largest absolute Gasteiger partial charge is 0.329 e. The third-order valence-electron chi connectivity index (χ3n) is 5.50. The van der Waals surface area contributed by atoms with E-state index in [4.69, 9.17) is 5.73 Å². The van der Waals surface area contributed by atoms with E-state index in [-0.39, 0.29) is 0 Å². The van der Waals surface area contributed by atoms with Gasteiger partial charge in [-0.15, -0.1) is 0 Å². The first-order valence-corrected chi connectivity index (χ1v) is 9.29. The Hall–Kier alpha value is 0.270. The second kappa shape index (κ2) is 6.82. The van der Waals surface area contributed by atoms with Crippen LogP contribution in [0.2, 0.25) is 0 Å². The molecule has 1 aliphatic heterocycles. The zero-order valence-electron chi connectivity index (χ0n) is 13.0. The number of nitrogens with two attached hydrogens (primary N) is 1. The van der Waals surface area contributed by atoms with Gasteiger partial charge in [-0.2, -0.15) is 11.8 Å². The van der Waals surface area contributed by atoms with Crippen LogP contribution in [0.15, 0.2) is 0 Å². The van der Waals surface area contributed by atoms with Crippen LogP contribution < -0.4 is 5.73 Å². The van der Waals surface area contributed by atoms with Crippen LogP contribution in [-0.2, 0) is 0 Å². The maximum Gasteiger partial charge on any atom is 0.0335 e. The normalized spacial score (nSPS) is 38.4. The van der Waals surface area contributed by atoms with Crippen molar-refractivity contribution in [3.63, 3.8) is 0 Å². The first-order valence-electron chi connectivity index (χ1n) is 8.13. The van der Waals surface area contributed by atoms with Gasteiger partial charge in [0.15, 0.2) is 0 Å². The molecule has 0 aromatic heterocycles. The molecule has 0 radical (unpaired) electrons. The number of thioether (sulfide) groups is 1. The van der Waals surface area contributed by atoms with Crippen molar-refractivity contribution in [2.45, 2.75) is 64.5 Å². The van der Waals surface area contributed by atoms with E-state index in [1.54, 1.807) is 0 Å². The summed E-state index contributed by atoms with van der Waals surface area (Å²) in [5.74, 6) is 4.33. The van der Waals surface area contributed by atoms with Crippen LogP contribution in [0.5, 0.6) is 0 Å². The molecule has 1 saturated carbocycles. The fourth-order valence-corrected chi connectivity index (χ4v) is 5.14. The van der Waals surface area contributed by atoms with E-state index in [9.17, 15) is 0 Å². The summed E-state index contributed by atoms with van der Waals surface area (Å²) in [7, 11) is 0. The number of hydrogen-bond acceptors (Lipinski definition) is 3. The summed E-state index contributed by atoms with van der Waals surface area (Å²) >= 11 is 2.11. The molecule has 3 unspecified atom stereocenters. The molecule has 0 bridgehead atoms. The third kappa shape index (κ3) is 3.48. The van der Waals surface area contributed by atoms with Crippen molar-refractivity contribution in [1.82, 2.24) is 4.90 Å². The molecule has 2 N–H and O–H groups in total. The van der Waals surface area contributed by atoms with Gasteiger partial charge in [0.05, 0.1) is 0 Å². The molecule has 112 valence electrons. The lowest BCUT2D eigenvalue weighted by molar-refractivity contribution is 0.0516. The Balaban J connectivity index is 2.08. The second-order valence-electron chi connectivity index (χ2n) is 6.98. The van der Waals surface area contributed by atoms with Crippen molar-refractivity contribution >= 4 is 11.8 Å².